The summed E-state index contributed by atoms with van der Waals surface area (Å²) in [6.07, 6.45) is 0. The molecule has 138 valence electrons. The van der Waals surface area contributed by atoms with Gasteiger partial charge in [0, 0.05) is 4.88 Å². The Hall–Kier alpha value is -3.19. The molecule has 7 heteroatoms. The number of para-hydroxylation sites is 1. The van der Waals surface area contributed by atoms with Gasteiger partial charge in [-0.05, 0) is 48.9 Å². The monoisotopic (exact) mass is 384 g/mol. The van der Waals surface area contributed by atoms with Crippen LogP contribution < -0.4 is 15.6 Å². The van der Waals surface area contributed by atoms with E-state index in [0.717, 1.165) is 10.4 Å². The van der Waals surface area contributed by atoms with E-state index in [1.54, 1.807) is 48.5 Å². The molecule has 27 heavy (non-hydrogen) atoms. The van der Waals surface area contributed by atoms with Gasteiger partial charge in [-0.25, -0.2) is 4.39 Å². The predicted octanol–water partition coefficient (Wildman–Crippen LogP) is 4.03. The van der Waals surface area contributed by atoms with Crippen LogP contribution in [0.1, 0.15) is 27.0 Å². The molecule has 2 N–H and O–H groups in total. The lowest BCUT2D eigenvalue weighted by Crippen LogP contribution is -2.41. The lowest BCUT2D eigenvalue weighted by Gasteiger charge is -2.10. The number of carbonyl (C=O) groups excluding carboxylic acids is 2. The highest BCUT2D eigenvalue weighted by molar-refractivity contribution is 7.17. The third-order valence-electron chi connectivity index (χ3n) is 3.68. The van der Waals surface area contributed by atoms with Crippen LogP contribution in [0.15, 0.2) is 60.7 Å². The molecule has 5 nitrogen and oxygen atoms in total. The first-order chi connectivity index (χ1) is 13.1. The number of hydrazine groups is 1. The number of thiophene rings is 1. The number of nitrogens with one attached hydrogen (secondary N) is 2. The molecular weight excluding hydrogens is 367 g/mol. The molecule has 0 radical (unpaired) electrons. The number of hydrogen-bond donors (Lipinski definition) is 2. The van der Waals surface area contributed by atoms with E-state index in [4.69, 9.17) is 4.74 Å². The average molecular weight is 384 g/mol. The Morgan fingerprint density at radius 2 is 1.67 bits per heavy atom. The molecule has 0 spiro atoms. The molecule has 3 rings (SSSR count). The minimum atomic E-state index is -0.470. The normalized spacial score (nSPS) is 10.3. The molecular formula is C20H17FN2O3S. The number of ether oxygens (including phenoxy) is 1. The maximum absolute atomic E-state index is 13.0. The fraction of sp³-hybridized carbons (Fsp3) is 0.100. The molecule has 0 atom stereocenters. The van der Waals surface area contributed by atoms with Crippen molar-refractivity contribution in [2.45, 2.75) is 6.92 Å². The number of benzene rings is 2. The molecule has 2 amide bonds. The summed E-state index contributed by atoms with van der Waals surface area (Å²) in [5.74, 6) is -0.775. The van der Waals surface area contributed by atoms with Crippen molar-refractivity contribution in [3.63, 3.8) is 0 Å². The molecule has 2 aromatic carbocycles. The van der Waals surface area contributed by atoms with Crippen LogP contribution >= 0.6 is 11.3 Å². The zero-order valence-electron chi connectivity index (χ0n) is 14.5. The van der Waals surface area contributed by atoms with Crippen LogP contribution in [0.5, 0.6) is 5.75 Å². The number of rotatable bonds is 5. The van der Waals surface area contributed by atoms with Gasteiger partial charge >= 0.3 is 0 Å². The summed E-state index contributed by atoms with van der Waals surface area (Å²) in [6.45, 7) is 2.25. The van der Waals surface area contributed by atoms with E-state index in [1.807, 2.05) is 6.92 Å². The van der Waals surface area contributed by atoms with E-state index in [1.165, 1.54) is 23.5 Å². The first kappa shape index (κ1) is 18.6. The summed E-state index contributed by atoms with van der Waals surface area (Å²) >= 11 is 1.25. The van der Waals surface area contributed by atoms with Crippen LogP contribution in [0, 0.1) is 5.82 Å². The van der Waals surface area contributed by atoms with Crippen molar-refractivity contribution >= 4 is 23.2 Å². The van der Waals surface area contributed by atoms with Gasteiger partial charge in [-0.1, -0.05) is 24.3 Å². The van der Waals surface area contributed by atoms with Crippen LogP contribution in [0.25, 0.3) is 10.4 Å². The Morgan fingerprint density at radius 3 is 2.41 bits per heavy atom. The summed E-state index contributed by atoms with van der Waals surface area (Å²) in [5.41, 5.74) is 5.93. The lowest BCUT2D eigenvalue weighted by molar-refractivity contribution is 0.0846. The van der Waals surface area contributed by atoms with Crippen molar-refractivity contribution in [2.24, 2.45) is 0 Å². The van der Waals surface area contributed by atoms with E-state index in [2.05, 4.69) is 10.9 Å². The van der Waals surface area contributed by atoms with Crippen molar-refractivity contribution in [2.75, 3.05) is 6.61 Å². The summed E-state index contributed by atoms with van der Waals surface area (Å²) in [4.78, 5) is 25.8. The third-order valence-corrected chi connectivity index (χ3v) is 4.81. The number of amides is 2. The minimum Gasteiger partial charge on any atom is -0.493 e. The van der Waals surface area contributed by atoms with Gasteiger partial charge < -0.3 is 4.74 Å². The second-order valence-electron chi connectivity index (χ2n) is 5.51. The van der Waals surface area contributed by atoms with Crippen molar-refractivity contribution in [1.82, 2.24) is 10.9 Å². The fourth-order valence-corrected chi connectivity index (χ4v) is 3.31. The standard InChI is InChI=1S/C20H17FN2O3S/c1-2-26-16-6-4-3-5-15(16)19(24)22-23-20(25)18-12-11-17(27-18)13-7-9-14(21)10-8-13/h3-12H,2H2,1H3,(H,22,24)(H,23,25). The molecule has 0 aliphatic carbocycles. The van der Waals surface area contributed by atoms with Crippen LogP contribution in [-0.2, 0) is 0 Å². The minimum absolute atomic E-state index is 0.316. The van der Waals surface area contributed by atoms with Gasteiger partial charge in [0.2, 0.25) is 0 Å². The van der Waals surface area contributed by atoms with Crippen LogP contribution in [0.3, 0.4) is 0 Å². The Morgan fingerprint density at radius 1 is 0.963 bits per heavy atom. The predicted molar refractivity (Wildman–Crippen MR) is 102 cm³/mol. The van der Waals surface area contributed by atoms with Crippen molar-refractivity contribution in [3.05, 3.63) is 76.9 Å². The van der Waals surface area contributed by atoms with E-state index in [9.17, 15) is 14.0 Å². The lowest BCUT2D eigenvalue weighted by atomic mass is 10.2. The van der Waals surface area contributed by atoms with Crippen molar-refractivity contribution < 1.29 is 18.7 Å². The highest BCUT2D eigenvalue weighted by Gasteiger charge is 2.15. The zero-order chi connectivity index (χ0) is 19.2. The van der Waals surface area contributed by atoms with Gasteiger partial charge in [0.25, 0.3) is 11.8 Å². The largest absolute Gasteiger partial charge is 0.493 e. The third kappa shape index (κ3) is 4.51. The maximum Gasteiger partial charge on any atom is 0.279 e. The zero-order valence-corrected chi connectivity index (χ0v) is 15.3. The quantitative estimate of drug-likeness (QED) is 0.653. The van der Waals surface area contributed by atoms with E-state index in [-0.39, 0.29) is 5.82 Å². The summed E-state index contributed by atoms with van der Waals surface area (Å²) in [6, 6.07) is 16.2. The Balaban J connectivity index is 1.65. The Kier molecular flexibility index (Phi) is 5.83. The SMILES string of the molecule is CCOc1ccccc1C(=O)NNC(=O)c1ccc(-c2ccc(F)cc2)s1. The average Bonchev–Trinajstić information content (AvgIpc) is 3.17. The number of halogens is 1. The highest BCUT2D eigenvalue weighted by atomic mass is 32.1. The van der Waals surface area contributed by atoms with E-state index >= 15 is 0 Å². The summed E-state index contributed by atoms with van der Waals surface area (Å²) in [7, 11) is 0. The Labute approximate surface area is 159 Å². The fourth-order valence-electron chi connectivity index (χ4n) is 2.41. The molecule has 1 heterocycles. The first-order valence-electron chi connectivity index (χ1n) is 8.26. The first-order valence-corrected chi connectivity index (χ1v) is 9.08. The number of carbonyl (C=O) groups is 2. The van der Waals surface area contributed by atoms with Gasteiger partial charge in [0.15, 0.2) is 0 Å². The smallest absolute Gasteiger partial charge is 0.279 e. The molecule has 0 aliphatic rings. The van der Waals surface area contributed by atoms with Crippen molar-refractivity contribution in [1.29, 1.82) is 0 Å². The van der Waals surface area contributed by atoms with E-state index < -0.39 is 11.8 Å². The second kappa shape index (κ2) is 8.46. The molecule has 1 aromatic heterocycles. The molecule has 0 saturated carbocycles. The molecule has 0 unspecified atom stereocenters. The van der Waals surface area contributed by atoms with Crippen molar-refractivity contribution in [3.8, 4) is 16.2 Å². The van der Waals surface area contributed by atoms with Gasteiger partial charge in [-0.3, -0.25) is 20.4 Å². The summed E-state index contributed by atoms with van der Waals surface area (Å²) in [5, 5.41) is 0. The van der Waals surface area contributed by atoms with Gasteiger partial charge in [-0.2, -0.15) is 0 Å². The highest BCUT2D eigenvalue weighted by Crippen LogP contribution is 2.28. The molecule has 0 aliphatic heterocycles. The molecule has 3 aromatic rings. The topological polar surface area (TPSA) is 67.4 Å². The summed E-state index contributed by atoms with van der Waals surface area (Å²) < 4.78 is 18.4. The molecule has 0 fully saturated rings. The maximum atomic E-state index is 13.0. The van der Waals surface area contributed by atoms with E-state index in [0.29, 0.717) is 22.8 Å². The molecule has 0 saturated heterocycles. The van der Waals surface area contributed by atoms with Crippen LogP contribution in [0.2, 0.25) is 0 Å². The van der Waals surface area contributed by atoms with Gasteiger partial charge in [0.05, 0.1) is 17.0 Å². The Bertz CT molecular complexity index is 954. The van der Waals surface area contributed by atoms with Crippen LogP contribution in [0.4, 0.5) is 4.39 Å². The van der Waals surface area contributed by atoms with Gasteiger partial charge in [0.1, 0.15) is 11.6 Å². The van der Waals surface area contributed by atoms with Gasteiger partial charge in [-0.15, -0.1) is 11.3 Å². The van der Waals surface area contributed by atoms with Crippen LogP contribution in [-0.4, -0.2) is 18.4 Å². The molecule has 0 bridgehead atoms. The number of hydrogen-bond acceptors (Lipinski definition) is 4. The second-order valence-corrected chi connectivity index (χ2v) is 6.59.